The van der Waals surface area contributed by atoms with Gasteiger partial charge in [0, 0.05) is 0 Å². The van der Waals surface area contributed by atoms with E-state index in [0.717, 1.165) is 6.42 Å². The van der Waals surface area contributed by atoms with Crippen LogP contribution in [0.1, 0.15) is 101 Å². The summed E-state index contributed by atoms with van der Waals surface area (Å²) >= 11 is 1.46. The van der Waals surface area contributed by atoms with E-state index in [1.807, 2.05) is 6.07 Å². The van der Waals surface area contributed by atoms with Gasteiger partial charge in [0.2, 0.25) is 0 Å². The number of halogens is 2. The minimum absolute atomic E-state index is 0. The summed E-state index contributed by atoms with van der Waals surface area (Å²) in [6, 6.07) is 31.9. The second-order valence-electron chi connectivity index (χ2n) is 13.7. The van der Waals surface area contributed by atoms with Crippen molar-refractivity contribution in [2.24, 2.45) is 0 Å². The van der Waals surface area contributed by atoms with E-state index in [2.05, 4.69) is 152 Å². The summed E-state index contributed by atoms with van der Waals surface area (Å²) in [5.41, 5.74) is 13.2. The molecule has 0 unspecified atom stereocenters. The third kappa shape index (κ3) is 10.2. The molecule has 0 aliphatic heterocycles. The van der Waals surface area contributed by atoms with E-state index < -0.39 is 0 Å². The van der Waals surface area contributed by atoms with Crippen LogP contribution in [0, 0.1) is 13.0 Å². The SMILES string of the molecule is CC(C)(C)c1cc[cH-]c1.Cc1[c-]c2c(cc1C(C)(C)C)-c1cc(C(C)(C)C)ccc1C2.[Cl-].[Cl-].[Zr+2]=[CH]c1ccccc1. The molecule has 0 bridgehead atoms. The molecule has 0 saturated carbocycles. The van der Waals surface area contributed by atoms with Crippen molar-refractivity contribution in [3.8, 4) is 11.1 Å². The number of hydrogen-bond donors (Lipinski definition) is 0. The number of rotatable bonds is 1. The molecular weight excluding hydrogens is 619 g/mol. The van der Waals surface area contributed by atoms with Gasteiger partial charge in [-0.25, -0.2) is 6.07 Å². The Kier molecular flexibility index (Phi) is 13.8. The second-order valence-corrected chi connectivity index (χ2v) is 14.4. The predicted molar refractivity (Wildman–Crippen MR) is 168 cm³/mol. The molecule has 5 rings (SSSR count). The Morgan fingerprint density at radius 1 is 0.732 bits per heavy atom. The molecule has 0 N–H and O–H groups in total. The van der Waals surface area contributed by atoms with Gasteiger partial charge in [0.25, 0.3) is 0 Å². The van der Waals surface area contributed by atoms with E-state index in [0.29, 0.717) is 5.41 Å². The summed E-state index contributed by atoms with van der Waals surface area (Å²) in [4.78, 5) is 0. The second kappa shape index (κ2) is 15.2. The zero-order chi connectivity index (χ0) is 29.0. The van der Waals surface area contributed by atoms with Gasteiger partial charge >= 0.3 is 63.8 Å². The van der Waals surface area contributed by atoms with Crippen molar-refractivity contribution in [3.05, 3.63) is 124 Å². The summed E-state index contributed by atoms with van der Waals surface area (Å²) < 4.78 is 2.17. The van der Waals surface area contributed by atoms with Crippen LogP contribution in [-0.4, -0.2) is 3.71 Å². The Hall–Kier alpha value is -1.66. The maximum atomic E-state index is 3.67. The van der Waals surface area contributed by atoms with Gasteiger partial charge in [0.05, 0.1) is 0 Å². The van der Waals surface area contributed by atoms with Crippen molar-refractivity contribution in [1.29, 1.82) is 0 Å². The standard InChI is InChI=1S/C22H27.C9H13.C7H6.2ClH.Zr/c1-14-10-16-11-15-8-9-17(21(2,3)4)12-18(15)19(16)13-20(14)22(5,6)7;1-9(2,3)8-6-4-5-7-8;1-7-5-3-2-4-6-7;;;/h8-9,12-13H,11H2,1-7H3;4-7H,1-3H3;1-6H;2*1H;/q2*-1;;;;+2/p-2. The van der Waals surface area contributed by atoms with Crippen LogP contribution in [0.4, 0.5) is 0 Å². The first-order valence-corrected chi connectivity index (χ1v) is 15.5. The fourth-order valence-corrected chi connectivity index (χ4v) is 5.39. The van der Waals surface area contributed by atoms with E-state index in [1.165, 1.54) is 74.3 Å². The average molecular weight is 665 g/mol. The van der Waals surface area contributed by atoms with E-state index >= 15 is 0 Å². The predicted octanol–water partition coefficient (Wildman–Crippen LogP) is 4.06. The molecule has 41 heavy (non-hydrogen) atoms. The molecule has 4 aromatic carbocycles. The van der Waals surface area contributed by atoms with E-state index in [1.54, 1.807) is 0 Å². The van der Waals surface area contributed by atoms with Crippen molar-refractivity contribution in [2.45, 2.75) is 91.9 Å². The van der Waals surface area contributed by atoms with E-state index in [-0.39, 0.29) is 35.6 Å². The van der Waals surface area contributed by atoms with E-state index in [4.69, 9.17) is 0 Å². The molecular formula is C38H46Cl2Zr-2. The van der Waals surface area contributed by atoms with Crippen molar-refractivity contribution < 1.29 is 49.0 Å². The fourth-order valence-electron chi connectivity index (χ4n) is 4.92. The van der Waals surface area contributed by atoms with Gasteiger partial charge in [-0.2, -0.15) is 41.5 Å². The third-order valence-corrected chi connectivity index (χ3v) is 8.11. The number of benzene rings is 3. The molecule has 0 aromatic heterocycles. The summed E-state index contributed by atoms with van der Waals surface area (Å²) in [6.07, 6.45) is 1.03. The first-order chi connectivity index (χ1) is 18.1. The molecule has 1 aliphatic carbocycles. The topological polar surface area (TPSA) is 0 Å². The molecule has 0 nitrogen and oxygen atoms in total. The first-order valence-electron chi connectivity index (χ1n) is 14.1. The Morgan fingerprint density at radius 2 is 1.34 bits per heavy atom. The van der Waals surface area contributed by atoms with Crippen molar-refractivity contribution >= 4 is 3.71 Å². The van der Waals surface area contributed by atoms with Gasteiger partial charge in [-0.05, 0) is 17.4 Å². The quantitative estimate of drug-likeness (QED) is 0.238. The summed E-state index contributed by atoms with van der Waals surface area (Å²) in [5, 5.41) is 0. The molecule has 0 radical (unpaired) electrons. The summed E-state index contributed by atoms with van der Waals surface area (Å²) in [5.74, 6) is 0. The van der Waals surface area contributed by atoms with Gasteiger partial charge in [-0.1, -0.05) is 109 Å². The molecule has 0 saturated heterocycles. The van der Waals surface area contributed by atoms with Gasteiger partial charge in [0.15, 0.2) is 0 Å². The molecule has 0 fully saturated rings. The Balaban J connectivity index is 0.000000366. The van der Waals surface area contributed by atoms with Crippen LogP contribution in [0.25, 0.3) is 11.1 Å². The number of hydrogen-bond acceptors (Lipinski definition) is 0. The van der Waals surface area contributed by atoms with Crippen LogP contribution in [0.15, 0.2) is 78.9 Å². The van der Waals surface area contributed by atoms with Crippen LogP contribution >= 0.6 is 0 Å². The molecule has 218 valence electrons. The molecule has 0 heterocycles. The zero-order valence-electron chi connectivity index (χ0n) is 26.5. The van der Waals surface area contributed by atoms with Crippen LogP contribution in [0.3, 0.4) is 0 Å². The monoisotopic (exact) mass is 662 g/mol. The Labute approximate surface area is 277 Å². The Bertz CT molecular complexity index is 1380. The van der Waals surface area contributed by atoms with Crippen LogP contribution < -0.4 is 24.8 Å². The van der Waals surface area contributed by atoms with Gasteiger partial charge < -0.3 is 24.8 Å². The normalized spacial score (nSPS) is 11.8. The third-order valence-electron chi connectivity index (χ3n) is 7.29. The van der Waals surface area contributed by atoms with Gasteiger partial charge in [0.1, 0.15) is 0 Å². The molecule has 0 amide bonds. The molecule has 4 aromatic rings. The zero-order valence-corrected chi connectivity index (χ0v) is 30.5. The van der Waals surface area contributed by atoms with Crippen molar-refractivity contribution in [1.82, 2.24) is 0 Å². The van der Waals surface area contributed by atoms with Crippen molar-refractivity contribution in [3.63, 3.8) is 0 Å². The van der Waals surface area contributed by atoms with Crippen LogP contribution in [0.2, 0.25) is 0 Å². The summed E-state index contributed by atoms with van der Waals surface area (Å²) in [6.45, 7) is 22.6. The minimum atomic E-state index is 0. The first kappa shape index (κ1) is 37.4. The average Bonchev–Trinajstić information content (AvgIpc) is 3.51. The van der Waals surface area contributed by atoms with E-state index in [9.17, 15) is 0 Å². The molecule has 3 heteroatoms. The molecule has 0 spiro atoms. The number of fused-ring (bicyclic) bond motifs is 3. The van der Waals surface area contributed by atoms with Gasteiger partial charge in [-0.3, -0.25) is 0 Å². The van der Waals surface area contributed by atoms with Crippen LogP contribution in [-0.2, 0) is 46.9 Å². The maximum absolute atomic E-state index is 3.67. The summed E-state index contributed by atoms with van der Waals surface area (Å²) in [7, 11) is 0. The molecule has 0 atom stereocenters. The number of aryl methyl sites for hydroxylation is 1. The Morgan fingerprint density at radius 3 is 1.78 bits per heavy atom. The van der Waals surface area contributed by atoms with Crippen molar-refractivity contribution in [2.75, 3.05) is 0 Å². The van der Waals surface area contributed by atoms with Gasteiger partial charge in [-0.15, -0.1) is 16.7 Å². The fraction of sp³-hybridized carbons (Fsp3) is 0.368. The van der Waals surface area contributed by atoms with Crippen LogP contribution in [0.5, 0.6) is 0 Å². The molecule has 1 aliphatic rings.